The van der Waals surface area contributed by atoms with Crippen LogP contribution in [0.2, 0.25) is 0 Å². The Hall–Kier alpha value is -2.10. The summed E-state index contributed by atoms with van der Waals surface area (Å²) in [5.41, 5.74) is 2.67. The van der Waals surface area contributed by atoms with Crippen LogP contribution in [0.4, 0.5) is 4.39 Å². The van der Waals surface area contributed by atoms with Crippen molar-refractivity contribution in [3.05, 3.63) is 58.7 Å². The van der Waals surface area contributed by atoms with Crippen molar-refractivity contribution in [2.75, 3.05) is 0 Å². The van der Waals surface area contributed by atoms with Gasteiger partial charge in [-0.05, 0) is 56.2 Å². The molecule has 3 nitrogen and oxygen atoms in total. The molecule has 19 heavy (non-hydrogen) atoms. The predicted molar refractivity (Wildman–Crippen MR) is 70.6 cm³/mol. The summed E-state index contributed by atoms with van der Waals surface area (Å²) in [7, 11) is 0. The monoisotopic (exact) mass is 258 g/mol. The van der Waals surface area contributed by atoms with E-state index in [1.807, 2.05) is 19.1 Å². The number of hydrogen-bond acceptors (Lipinski definition) is 3. The Morgan fingerprint density at radius 1 is 1.16 bits per heavy atom. The Kier molecular flexibility index (Phi) is 4.00. The Morgan fingerprint density at radius 2 is 1.95 bits per heavy atom. The lowest BCUT2D eigenvalue weighted by Gasteiger charge is -2.03. The zero-order valence-corrected chi connectivity index (χ0v) is 11.0. The van der Waals surface area contributed by atoms with Crippen molar-refractivity contribution in [2.45, 2.75) is 26.7 Å². The Balaban J connectivity index is 2.01. The van der Waals surface area contributed by atoms with Crippen LogP contribution in [0.1, 0.15) is 33.7 Å². The van der Waals surface area contributed by atoms with Crippen LogP contribution in [0, 0.1) is 19.7 Å². The summed E-state index contributed by atoms with van der Waals surface area (Å²) < 4.78 is 13.1. The van der Waals surface area contributed by atoms with Crippen molar-refractivity contribution in [3.63, 3.8) is 0 Å². The number of aryl methyl sites for hydroxylation is 3. The van der Waals surface area contributed by atoms with Gasteiger partial charge in [0.2, 0.25) is 0 Å². The second kappa shape index (κ2) is 5.69. The minimum Gasteiger partial charge on any atom is -0.294 e. The Labute approximate surface area is 111 Å². The van der Waals surface area contributed by atoms with Crippen molar-refractivity contribution in [2.24, 2.45) is 0 Å². The first kappa shape index (κ1) is 13.3. The maximum absolute atomic E-state index is 13.1. The van der Waals surface area contributed by atoms with Gasteiger partial charge in [-0.15, -0.1) is 0 Å². The number of rotatable bonds is 4. The van der Waals surface area contributed by atoms with Crippen molar-refractivity contribution < 1.29 is 9.18 Å². The number of nitrogens with zero attached hydrogens (tertiary/aromatic N) is 2. The van der Waals surface area contributed by atoms with Crippen molar-refractivity contribution in [1.82, 2.24) is 10.2 Å². The lowest BCUT2D eigenvalue weighted by Crippen LogP contribution is -2.04. The van der Waals surface area contributed by atoms with Gasteiger partial charge in [0.25, 0.3) is 0 Å². The predicted octanol–water partition coefficient (Wildman–Crippen LogP) is 3.05. The first-order valence-corrected chi connectivity index (χ1v) is 6.15. The molecule has 0 spiro atoms. The van der Waals surface area contributed by atoms with Crippen molar-refractivity contribution in [1.29, 1.82) is 0 Å². The standard InChI is InChI=1S/C15H15FN2O/c1-10-9-12(4-7-14(10)16)15(19)8-6-13-5-3-11(2)17-18-13/h3-5,7,9H,6,8H2,1-2H3. The summed E-state index contributed by atoms with van der Waals surface area (Å²) in [6.45, 7) is 3.51. The highest BCUT2D eigenvalue weighted by molar-refractivity contribution is 5.96. The average molecular weight is 258 g/mol. The molecule has 0 fully saturated rings. The maximum Gasteiger partial charge on any atom is 0.163 e. The van der Waals surface area contributed by atoms with Gasteiger partial charge in [0.15, 0.2) is 5.78 Å². The topological polar surface area (TPSA) is 42.9 Å². The Morgan fingerprint density at radius 3 is 2.58 bits per heavy atom. The minimum absolute atomic E-state index is 0.00882. The van der Waals surface area contributed by atoms with Gasteiger partial charge in [-0.25, -0.2) is 4.39 Å². The molecule has 1 aromatic heterocycles. The molecule has 0 saturated carbocycles. The van der Waals surface area contributed by atoms with Crippen LogP contribution in [0.25, 0.3) is 0 Å². The van der Waals surface area contributed by atoms with Crippen LogP contribution in [0.3, 0.4) is 0 Å². The van der Waals surface area contributed by atoms with Crippen LogP contribution in [-0.2, 0) is 6.42 Å². The molecular weight excluding hydrogens is 243 g/mol. The molecule has 0 aliphatic heterocycles. The highest BCUT2D eigenvalue weighted by Crippen LogP contribution is 2.12. The lowest BCUT2D eigenvalue weighted by molar-refractivity contribution is 0.0982. The number of ketones is 1. The summed E-state index contributed by atoms with van der Waals surface area (Å²) in [5.74, 6) is -0.300. The van der Waals surface area contributed by atoms with E-state index in [4.69, 9.17) is 0 Å². The fourth-order valence-corrected chi connectivity index (χ4v) is 1.76. The number of hydrogen-bond donors (Lipinski definition) is 0. The molecule has 0 bridgehead atoms. The summed E-state index contributed by atoms with van der Waals surface area (Å²) in [5, 5.41) is 7.96. The lowest BCUT2D eigenvalue weighted by atomic mass is 10.0. The number of halogens is 1. The maximum atomic E-state index is 13.1. The van der Waals surface area contributed by atoms with E-state index in [0.717, 1.165) is 11.4 Å². The molecule has 0 radical (unpaired) electrons. The molecule has 1 heterocycles. The molecule has 4 heteroatoms. The van der Waals surface area contributed by atoms with E-state index in [2.05, 4.69) is 10.2 Å². The molecule has 0 atom stereocenters. The fourth-order valence-electron chi connectivity index (χ4n) is 1.76. The van der Waals surface area contributed by atoms with E-state index in [0.29, 0.717) is 24.0 Å². The molecule has 1 aromatic carbocycles. The quantitative estimate of drug-likeness (QED) is 0.792. The molecule has 0 amide bonds. The second-order valence-corrected chi connectivity index (χ2v) is 4.55. The highest BCUT2D eigenvalue weighted by atomic mass is 19.1. The average Bonchev–Trinajstić information content (AvgIpc) is 2.41. The number of Topliss-reactive ketones (excluding diaryl/α,β-unsaturated/α-hetero) is 1. The molecule has 0 aliphatic carbocycles. The Bertz CT molecular complexity index is 594. The first-order valence-electron chi connectivity index (χ1n) is 6.15. The third kappa shape index (κ3) is 3.44. The molecular formula is C15H15FN2O. The van der Waals surface area contributed by atoms with E-state index in [1.54, 1.807) is 13.0 Å². The van der Waals surface area contributed by atoms with Gasteiger partial charge in [0.1, 0.15) is 5.82 Å². The van der Waals surface area contributed by atoms with Gasteiger partial charge in [-0.3, -0.25) is 4.79 Å². The molecule has 2 rings (SSSR count). The van der Waals surface area contributed by atoms with Gasteiger partial charge in [-0.1, -0.05) is 0 Å². The molecule has 2 aromatic rings. The van der Waals surface area contributed by atoms with Gasteiger partial charge >= 0.3 is 0 Å². The zero-order valence-electron chi connectivity index (χ0n) is 11.0. The number of carbonyl (C=O) groups excluding carboxylic acids is 1. The van der Waals surface area contributed by atoms with Crippen LogP contribution in [0.5, 0.6) is 0 Å². The minimum atomic E-state index is -0.291. The summed E-state index contributed by atoms with van der Waals surface area (Å²) in [6.07, 6.45) is 0.894. The van der Waals surface area contributed by atoms with Gasteiger partial charge in [0, 0.05) is 12.0 Å². The van der Waals surface area contributed by atoms with Crippen LogP contribution >= 0.6 is 0 Å². The van der Waals surface area contributed by atoms with E-state index in [1.165, 1.54) is 12.1 Å². The van der Waals surface area contributed by atoms with E-state index < -0.39 is 0 Å². The van der Waals surface area contributed by atoms with Crippen LogP contribution in [0.15, 0.2) is 30.3 Å². The van der Waals surface area contributed by atoms with Gasteiger partial charge < -0.3 is 0 Å². The number of benzene rings is 1. The largest absolute Gasteiger partial charge is 0.294 e. The molecule has 98 valence electrons. The molecule has 0 aliphatic rings. The van der Waals surface area contributed by atoms with E-state index in [9.17, 15) is 9.18 Å². The number of carbonyl (C=O) groups is 1. The van der Waals surface area contributed by atoms with Crippen molar-refractivity contribution >= 4 is 5.78 Å². The van der Waals surface area contributed by atoms with E-state index in [-0.39, 0.29) is 11.6 Å². The fraction of sp³-hybridized carbons (Fsp3) is 0.267. The molecule has 0 unspecified atom stereocenters. The normalized spacial score (nSPS) is 10.5. The molecule has 0 saturated heterocycles. The molecule has 0 N–H and O–H groups in total. The SMILES string of the molecule is Cc1ccc(CCC(=O)c2ccc(F)c(C)c2)nn1. The summed E-state index contributed by atoms with van der Waals surface area (Å²) in [6, 6.07) is 8.17. The first-order chi connectivity index (χ1) is 9.06. The number of aromatic nitrogens is 2. The van der Waals surface area contributed by atoms with Gasteiger partial charge in [0.05, 0.1) is 11.4 Å². The van der Waals surface area contributed by atoms with Crippen LogP contribution < -0.4 is 0 Å². The van der Waals surface area contributed by atoms with E-state index >= 15 is 0 Å². The van der Waals surface area contributed by atoms with Crippen molar-refractivity contribution in [3.8, 4) is 0 Å². The third-order valence-corrected chi connectivity index (χ3v) is 2.94. The zero-order chi connectivity index (χ0) is 13.8. The van der Waals surface area contributed by atoms with Gasteiger partial charge in [-0.2, -0.15) is 10.2 Å². The highest BCUT2D eigenvalue weighted by Gasteiger charge is 2.08. The van der Waals surface area contributed by atoms with Crippen LogP contribution in [-0.4, -0.2) is 16.0 Å². The summed E-state index contributed by atoms with van der Waals surface area (Å²) >= 11 is 0. The third-order valence-electron chi connectivity index (χ3n) is 2.94. The summed E-state index contributed by atoms with van der Waals surface area (Å²) in [4.78, 5) is 12.0. The second-order valence-electron chi connectivity index (χ2n) is 4.55. The smallest absolute Gasteiger partial charge is 0.163 e.